The van der Waals surface area contributed by atoms with Crippen molar-refractivity contribution in [1.29, 1.82) is 0 Å². The maximum Gasteiger partial charge on any atom is 0.166 e. The molecule has 0 spiro atoms. The molecule has 0 N–H and O–H groups in total. The fraction of sp³-hybridized carbons (Fsp3) is 0.765. The summed E-state index contributed by atoms with van der Waals surface area (Å²) in [5.41, 5.74) is 1.16. The minimum absolute atomic E-state index is 0.132. The molecule has 4 rings (SSSR count). The van der Waals surface area contributed by atoms with E-state index in [9.17, 15) is 9.59 Å². The van der Waals surface area contributed by atoms with E-state index in [0.29, 0.717) is 42.3 Å². The Balaban J connectivity index is 1.65. The zero-order valence-electron chi connectivity index (χ0n) is 12.1. The molecule has 3 nitrogen and oxygen atoms in total. The third-order valence-electron chi connectivity index (χ3n) is 6.40. The lowest BCUT2D eigenvalue weighted by atomic mass is 9.54. The van der Waals surface area contributed by atoms with Gasteiger partial charge in [-0.05, 0) is 55.9 Å². The lowest BCUT2D eigenvalue weighted by Crippen LogP contribution is -2.50. The van der Waals surface area contributed by atoms with E-state index in [4.69, 9.17) is 4.74 Å². The van der Waals surface area contributed by atoms with E-state index in [0.717, 1.165) is 32.1 Å². The molecule has 0 amide bonds. The molecular formula is C17H22O3. The third kappa shape index (κ3) is 1.62. The first-order valence-corrected chi connectivity index (χ1v) is 7.98. The number of hydrogen-bond acceptors (Lipinski definition) is 3. The van der Waals surface area contributed by atoms with Gasteiger partial charge >= 0.3 is 0 Å². The summed E-state index contributed by atoms with van der Waals surface area (Å²) in [4.78, 5) is 23.8. The minimum Gasteiger partial charge on any atom is -0.369 e. The molecule has 3 heteroatoms. The van der Waals surface area contributed by atoms with Crippen LogP contribution < -0.4 is 0 Å². The predicted molar refractivity (Wildman–Crippen MR) is 74.1 cm³/mol. The predicted octanol–water partition coefficient (Wildman–Crippen LogP) is 2.69. The summed E-state index contributed by atoms with van der Waals surface area (Å²) in [6, 6.07) is 0. The zero-order valence-corrected chi connectivity index (χ0v) is 12.1. The van der Waals surface area contributed by atoms with Crippen molar-refractivity contribution < 1.29 is 14.3 Å². The van der Waals surface area contributed by atoms with Crippen molar-refractivity contribution in [2.45, 2.75) is 51.6 Å². The molecule has 20 heavy (non-hydrogen) atoms. The molecule has 0 unspecified atom stereocenters. The second-order valence-electron chi connectivity index (χ2n) is 7.31. The van der Waals surface area contributed by atoms with Crippen molar-refractivity contribution in [2.75, 3.05) is 6.61 Å². The van der Waals surface area contributed by atoms with Gasteiger partial charge in [0.1, 0.15) is 6.61 Å². The van der Waals surface area contributed by atoms with Gasteiger partial charge in [-0.25, -0.2) is 0 Å². The number of rotatable bonds is 0. The van der Waals surface area contributed by atoms with Gasteiger partial charge in [0.25, 0.3) is 0 Å². The quantitative estimate of drug-likeness (QED) is 0.682. The number of ether oxygens (including phenoxy) is 1. The summed E-state index contributed by atoms with van der Waals surface area (Å²) in [5, 5.41) is 0. The second kappa shape index (κ2) is 4.27. The van der Waals surface area contributed by atoms with Crippen LogP contribution in [0.15, 0.2) is 11.6 Å². The van der Waals surface area contributed by atoms with Crippen molar-refractivity contribution in [3.8, 4) is 0 Å². The summed E-state index contributed by atoms with van der Waals surface area (Å²) >= 11 is 0. The van der Waals surface area contributed by atoms with Gasteiger partial charge in [-0.2, -0.15) is 0 Å². The Hall–Kier alpha value is -0.960. The van der Waals surface area contributed by atoms with E-state index >= 15 is 0 Å². The average molecular weight is 274 g/mol. The van der Waals surface area contributed by atoms with Crippen LogP contribution in [0, 0.1) is 23.2 Å². The van der Waals surface area contributed by atoms with Gasteiger partial charge in [-0.15, -0.1) is 0 Å². The van der Waals surface area contributed by atoms with Gasteiger partial charge in [0.15, 0.2) is 11.6 Å². The average Bonchev–Trinajstić information content (AvgIpc) is 2.74. The van der Waals surface area contributed by atoms with Crippen LogP contribution in [0.1, 0.15) is 45.4 Å². The van der Waals surface area contributed by atoms with Crippen LogP contribution in [-0.2, 0) is 14.3 Å². The van der Waals surface area contributed by atoms with E-state index in [1.54, 1.807) is 0 Å². The Bertz CT molecular complexity index is 506. The van der Waals surface area contributed by atoms with Crippen molar-refractivity contribution in [3.63, 3.8) is 0 Å². The fourth-order valence-corrected chi connectivity index (χ4v) is 5.27. The number of fused-ring (bicyclic) bond motifs is 5. The van der Waals surface area contributed by atoms with E-state index in [-0.39, 0.29) is 11.5 Å². The molecule has 3 fully saturated rings. The van der Waals surface area contributed by atoms with Gasteiger partial charge in [-0.3, -0.25) is 9.59 Å². The molecule has 1 heterocycles. The van der Waals surface area contributed by atoms with Gasteiger partial charge < -0.3 is 4.74 Å². The fourth-order valence-electron chi connectivity index (χ4n) is 5.27. The van der Waals surface area contributed by atoms with E-state index in [1.165, 1.54) is 5.57 Å². The SMILES string of the molecule is C[C@]12CC[C@H]3[C@@H](CCC4=CC(=O)CC[C@@H]43)[C@@H]1OCC2=O. The van der Waals surface area contributed by atoms with Crippen LogP contribution in [0.2, 0.25) is 0 Å². The lowest BCUT2D eigenvalue weighted by molar-refractivity contribution is -0.128. The topological polar surface area (TPSA) is 43.4 Å². The second-order valence-corrected chi connectivity index (χ2v) is 7.31. The molecule has 1 aliphatic heterocycles. The van der Waals surface area contributed by atoms with Crippen LogP contribution in [0.4, 0.5) is 0 Å². The molecule has 0 aromatic rings. The Morgan fingerprint density at radius 3 is 2.85 bits per heavy atom. The van der Waals surface area contributed by atoms with Crippen molar-refractivity contribution in [3.05, 3.63) is 11.6 Å². The first-order chi connectivity index (χ1) is 9.59. The molecule has 3 aliphatic carbocycles. The standard InChI is InChI=1S/C17H22O3/c1-17-7-6-13-12-5-3-11(18)8-10(12)2-4-14(13)16(17)20-9-15(17)19/h8,12-14,16H,2-7,9H2,1H3/t12-,13+,14+,16-,17+/m0/s1. The lowest BCUT2D eigenvalue weighted by Gasteiger charge is -2.50. The third-order valence-corrected chi connectivity index (χ3v) is 6.40. The highest BCUT2D eigenvalue weighted by atomic mass is 16.5. The highest BCUT2D eigenvalue weighted by molar-refractivity contribution is 5.91. The van der Waals surface area contributed by atoms with Gasteiger partial charge in [0.05, 0.1) is 11.5 Å². The molecule has 0 radical (unpaired) electrons. The number of hydrogen-bond donors (Lipinski definition) is 0. The molecule has 0 bridgehead atoms. The number of Topliss-reactive ketones (excluding diaryl/α,β-unsaturated/α-hetero) is 1. The maximum atomic E-state index is 12.1. The number of allylic oxidation sites excluding steroid dienone is 2. The van der Waals surface area contributed by atoms with E-state index < -0.39 is 0 Å². The Labute approximate surface area is 119 Å². The Morgan fingerprint density at radius 2 is 2.00 bits per heavy atom. The van der Waals surface area contributed by atoms with Crippen LogP contribution in [0.5, 0.6) is 0 Å². The molecule has 108 valence electrons. The summed E-state index contributed by atoms with van der Waals surface area (Å²) in [6.45, 7) is 2.43. The van der Waals surface area contributed by atoms with Crippen LogP contribution in [0.25, 0.3) is 0 Å². The summed E-state index contributed by atoms with van der Waals surface area (Å²) in [5.74, 6) is 2.35. The highest BCUT2D eigenvalue weighted by Gasteiger charge is 2.57. The Morgan fingerprint density at radius 1 is 1.15 bits per heavy atom. The van der Waals surface area contributed by atoms with E-state index in [2.05, 4.69) is 6.92 Å². The largest absolute Gasteiger partial charge is 0.369 e. The normalized spacial score (nSPS) is 47.4. The molecular weight excluding hydrogens is 252 g/mol. The summed E-state index contributed by atoms with van der Waals surface area (Å²) in [7, 11) is 0. The van der Waals surface area contributed by atoms with Gasteiger partial charge in [0, 0.05) is 6.42 Å². The summed E-state index contributed by atoms with van der Waals surface area (Å²) in [6.07, 6.45) is 7.99. The van der Waals surface area contributed by atoms with Crippen molar-refractivity contribution >= 4 is 11.6 Å². The molecule has 5 atom stereocenters. The first kappa shape index (κ1) is 12.8. The smallest absolute Gasteiger partial charge is 0.166 e. The molecule has 2 saturated carbocycles. The highest BCUT2D eigenvalue weighted by Crippen LogP contribution is 2.56. The molecule has 1 saturated heterocycles. The first-order valence-electron chi connectivity index (χ1n) is 7.98. The maximum absolute atomic E-state index is 12.1. The summed E-state index contributed by atoms with van der Waals surface area (Å²) < 4.78 is 5.91. The van der Waals surface area contributed by atoms with Crippen LogP contribution in [-0.4, -0.2) is 24.3 Å². The Kier molecular flexibility index (Phi) is 2.72. The minimum atomic E-state index is -0.229. The van der Waals surface area contributed by atoms with Crippen molar-refractivity contribution in [1.82, 2.24) is 0 Å². The number of carbonyl (C=O) groups excluding carboxylic acids is 2. The zero-order chi connectivity index (χ0) is 13.9. The van der Waals surface area contributed by atoms with E-state index in [1.807, 2.05) is 6.08 Å². The number of carbonyl (C=O) groups is 2. The van der Waals surface area contributed by atoms with Crippen LogP contribution in [0.3, 0.4) is 0 Å². The van der Waals surface area contributed by atoms with Crippen LogP contribution >= 0.6 is 0 Å². The molecule has 4 aliphatic rings. The van der Waals surface area contributed by atoms with Gasteiger partial charge in [-0.1, -0.05) is 12.5 Å². The monoisotopic (exact) mass is 274 g/mol. The number of ketones is 2. The van der Waals surface area contributed by atoms with Gasteiger partial charge in [0.2, 0.25) is 0 Å². The molecule has 0 aromatic heterocycles. The molecule has 0 aromatic carbocycles. The van der Waals surface area contributed by atoms with Crippen molar-refractivity contribution in [2.24, 2.45) is 23.2 Å².